The topological polar surface area (TPSA) is 96.7 Å². The van der Waals surface area contributed by atoms with E-state index in [1.54, 1.807) is 24.3 Å². The Bertz CT molecular complexity index is 1390. The third-order valence-corrected chi connectivity index (χ3v) is 6.12. The zero-order valence-electron chi connectivity index (χ0n) is 14.7. The number of halogens is 1. The van der Waals surface area contributed by atoms with Gasteiger partial charge in [-0.2, -0.15) is 0 Å². The molecule has 0 fully saturated rings. The molecular weight excluding hydrogens is 413 g/mol. The van der Waals surface area contributed by atoms with Gasteiger partial charge in [-0.25, -0.2) is 9.37 Å². The van der Waals surface area contributed by atoms with E-state index in [-0.39, 0.29) is 17.0 Å². The number of aromatic nitrogens is 4. The van der Waals surface area contributed by atoms with Crippen LogP contribution in [0, 0.1) is 5.82 Å². The van der Waals surface area contributed by atoms with Crippen molar-refractivity contribution >= 4 is 56.0 Å². The summed E-state index contributed by atoms with van der Waals surface area (Å²) in [6.45, 7) is 0. The van der Waals surface area contributed by atoms with Crippen molar-refractivity contribution < 1.29 is 8.81 Å². The van der Waals surface area contributed by atoms with Gasteiger partial charge in [0.05, 0.1) is 11.4 Å². The van der Waals surface area contributed by atoms with E-state index in [2.05, 4.69) is 25.5 Å². The maximum Gasteiger partial charge on any atom is 0.294 e. The lowest BCUT2D eigenvalue weighted by atomic mass is 10.2. The first-order valence-corrected chi connectivity index (χ1v) is 10.4. The van der Waals surface area contributed by atoms with Crippen LogP contribution in [0.1, 0.15) is 5.82 Å². The first-order valence-electron chi connectivity index (χ1n) is 8.56. The number of thioether (sulfide) groups is 1. The van der Waals surface area contributed by atoms with Gasteiger partial charge in [-0.3, -0.25) is 4.79 Å². The Hall–Kier alpha value is -3.24. The second kappa shape index (κ2) is 7.30. The predicted octanol–water partition coefficient (Wildman–Crippen LogP) is 4.70. The second-order valence-electron chi connectivity index (χ2n) is 6.06. The number of anilines is 2. The fourth-order valence-electron chi connectivity index (χ4n) is 2.84. The molecule has 0 aliphatic rings. The van der Waals surface area contributed by atoms with Gasteiger partial charge in [0.25, 0.3) is 5.56 Å². The first kappa shape index (κ1) is 17.8. The molecule has 0 aliphatic heterocycles. The summed E-state index contributed by atoms with van der Waals surface area (Å²) in [6.07, 6.45) is 0. The van der Waals surface area contributed by atoms with E-state index >= 15 is 0 Å². The molecule has 144 valence electrons. The van der Waals surface area contributed by atoms with Crippen LogP contribution in [0.5, 0.6) is 0 Å². The number of H-pyrrole nitrogens is 1. The Labute approximate surface area is 171 Å². The van der Waals surface area contributed by atoms with E-state index in [0.29, 0.717) is 37.8 Å². The highest BCUT2D eigenvalue weighted by molar-refractivity contribution is 8.00. The van der Waals surface area contributed by atoms with Crippen LogP contribution in [0.3, 0.4) is 0 Å². The summed E-state index contributed by atoms with van der Waals surface area (Å²) >= 11 is 2.67. The third-order valence-electron chi connectivity index (χ3n) is 4.13. The summed E-state index contributed by atoms with van der Waals surface area (Å²) < 4.78 is 20.0. The quantitative estimate of drug-likeness (QED) is 0.394. The molecule has 0 radical (unpaired) electrons. The summed E-state index contributed by atoms with van der Waals surface area (Å²) in [7, 11) is 0. The van der Waals surface area contributed by atoms with Gasteiger partial charge in [0.15, 0.2) is 4.34 Å². The van der Waals surface area contributed by atoms with Crippen molar-refractivity contribution in [1.82, 2.24) is 20.2 Å². The highest BCUT2D eigenvalue weighted by Crippen LogP contribution is 2.30. The summed E-state index contributed by atoms with van der Waals surface area (Å²) in [5, 5.41) is 12.3. The van der Waals surface area contributed by atoms with Gasteiger partial charge >= 0.3 is 0 Å². The van der Waals surface area contributed by atoms with E-state index in [0.717, 1.165) is 5.39 Å². The van der Waals surface area contributed by atoms with Crippen LogP contribution in [-0.2, 0) is 5.75 Å². The van der Waals surface area contributed by atoms with Gasteiger partial charge in [-0.1, -0.05) is 47.4 Å². The van der Waals surface area contributed by atoms with Gasteiger partial charge in [0, 0.05) is 5.39 Å². The Morgan fingerprint density at radius 2 is 1.97 bits per heavy atom. The smallest absolute Gasteiger partial charge is 0.294 e. The summed E-state index contributed by atoms with van der Waals surface area (Å²) in [5.41, 5.74) is 1.40. The molecule has 0 saturated carbocycles. The first-order chi connectivity index (χ1) is 14.2. The van der Waals surface area contributed by atoms with Gasteiger partial charge in [0.2, 0.25) is 10.7 Å². The fourth-order valence-corrected chi connectivity index (χ4v) is 4.48. The maximum absolute atomic E-state index is 13.7. The predicted molar refractivity (Wildman–Crippen MR) is 111 cm³/mol. The molecule has 0 unspecified atom stereocenters. The molecular formula is C19H12FN5O2S2. The molecule has 0 aliphatic carbocycles. The molecule has 0 amide bonds. The largest absolute Gasteiger partial charge is 0.449 e. The maximum atomic E-state index is 13.7. The van der Waals surface area contributed by atoms with Crippen LogP contribution in [0.15, 0.2) is 62.1 Å². The average molecular weight is 425 g/mol. The minimum absolute atomic E-state index is 0.215. The molecule has 3 heterocycles. The van der Waals surface area contributed by atoms with Gasteiger partial charge in [0.1, 0.15) is 22.7 Å². The summed E-state index contributed by atoms with van der Waals surface area (Å²) in [5.74, 6) is 0.552. The Balaban J connectivity index is 1.36. The monoisotopic (exact) mass is 425 g/mol. The number of fused-ring (bicyclic) bond motifs is 3. The SMILES string of the molecule is O=c1[nH]c(CSc2nnc(Nc3ccccc3F)s2)nc2c1oc1ccccc12. The van der Waals surface area contributed by atoms with Crippen molar-refractivity contribution in [2.75, 3.05) is 5.32 Å². The van der Waals surface area contributed by atoms with Gasteiger partial charge in [-0.05, 0) is 24.3 Å². The lowest BCUT2D eigenvalue weighted by molar-refractivity contribution is 0.632. The molecule has 10 heteroatoms. The van der Waals surface area contributed by atoms with Crippen LogP contribution in [-0.4, -0.2) is 20.2 Å². The number of para-hydroxylation sites is 2. The van der Waals surface area contributed by atoms with Crippen molar-refractivity contribution in [2.24, 2.45) is 0 Å². The minimum Gasteiger partial charge on any atom is -0.449 e. The number of hydrogen-bond acceptors (Lipinski definition) is 8. The third kappa shape index (κ3) is 3.47. The van der Waals surface area contributed by atoms with Crippen LogP contribution in [0.2, 0.25) is 0 Å². The van der Waals surface area contributed by atoms with E-state index in [1.807, 2.05) is 18.2 Å². The fraction of sp³-hybridized carbons (Fsp3) is 0.0526. The Morgan fingerprint density at radius 3 is 2.86 bits per heavy atom. The summed E-state index contributed by atoms with van der Waals surface area (Å²) in [4.78, 5) is 19.6. The van der Waals surface area contributed by atoms with Crippen molar-refractivity contribution in [3.63, 3.8) is 0 Å². The number of benzene rings is 2. The molecule has 29 heavy (non-hydrogen) atoms. The second-order valence-corrected chi connectivity index (χ2v) is 8.26. The van der Waals surface area contributed by atoms with E-state index in [4.69, 9.17) is 4.42 Å². The standard InChI is InChI=1S/C19H12FN5O2S2/c20-11-6-2-3-7-12(11)21-18-24-25-19(29-18)28-9-14-22-15-10-5-1-4-8-13(10)27-16(15)17(26)23-14/h1-8H,9H2,(H,21,24)(H,22,23,26). The minimum atomic E-state index is -0.362. The van der Waals surface area contributed by atoms with Gasteiger partial charge in [-0.15, -0.1) is 10.2 Å². The summed E-state index contributed by atoms with van der Waals surface area (Å²) in [6, 6.07) is 13.7. The molecule has 0 bridgehead atoms. The van der Waals surface area contributed by atoms with E-state index < -0.39 is 0 Å². The zero-order valence-corrected chi connectivity index (χ0v) is 16.3. The van der Waals surface area contributed by atoms with Crippen molar-refractivity contribution in [2.45, 2.75) is 10.1 Å². The number of nitrogens with one attached hydrogen (secondary N) is 2. The highest BCUT2D eigenvalue weighted by atomic mass is 32.2. The Kier molecular flexibility index (Phi) is 4.49. The van der Waals surface area contributed by atoms with Crippen molar-refractivity contribution in [3.05, 3.63) is 70.5 Å². The van der Waals surface area contributed by atoms with Crippen molar-refractivity contribution in [1.29, 1.82) is 0 Å². The van der Waals surface area contributed by atoms with E-state index in [1.165, 1.54) is 29.2 Å². The normalized spacial score (nSPS) is 11.3. The molecule has 2 aromatic carbocycles. The van der Waals surface area contributed by atoms with E-state index in [9.17, 15) is 9.18 Å². The highest BCUT2D eigenvalue weighted by Gasteiger charge is 2.14. The number of aromatic amines is 1. The Morgan fingerprint density at radius 1 is 1.14 bits per heavy atom. The van der Waals surface area contributed by atoms with Crippen molar-refractivity contribution in [3.8, 4) is 0 Å². The number of furan rings is 1. The molecule has 5 rings (SSSR count). The molecule has 3 aromatic heterocycles. The van der Waals surface area contributed by atoms with Crippen LogP contribution in [0.4, 0.5) is 15.2 Å². The molecule has 5 aromatic rings. The molecule has 0 atom stereocenters. The number of hydrogen-bond donors (Lipinski definition) is 2. The molecule has 2 N–H and O–H groups in total. The lowest BCUT2D eigenvalue weighted by Gasteiger charge is -2.01. The zero-order chi connectivity index (χ0) is 19.8. The number of rotatable bonds is 5. The average Bonchev–Trinajstić information content (AvgIpc) is 3.33. The molecule has 0 saturated heterocycles. The lowest BCUT2D eigenvalue weighted by Crippen LogP contribution is -2.10. The number of nitrogens with zero attached hydrogens (tertiary/aromatic N) is 3. The van der Waals surface area contributed by atoms with Crippen LogP contribution < -0.4 is 10.9 Å². The van der Waals surface area contributed by atoms with Crippen LogP contribution in [0.25, 0.3) is 22.1 Å². The molecule has 7 nitrogen and oxygen atoms in total. The molecule has 0 spiro atoms. The van der Waals surface area contributed by atoms with Gasteiger partial charge < -0.3 is 14.7 Å². The van der Waals surface area contributed by atoms with Crippen LogP contribution >= 0.6 is 23.1 Å².